The standard InChI is InChI=1S/C9H14N2/c1-7-4-3-5-11-9(7)8(2)6-10/h3-5,8H,6,10H2,1-2H3/t8-/m0/s1. The van der Waals surface area contributed by atoms with Gasteiger partial charge in [-0.05, 0) is 18.6 Å². The summed E-state index contributed by atoms with van der Waals surface area (Å²) >= 11 is 0. The van der Waals surface area contributed by atoms with Crippen LogP contribution in [-0.4, -0.2) is 11.5 Å². The lowest BCUT2D eigenvalue weighted by atomic mass is 10.0. The molecule has 1 aromatic heterocycles. The molecule has 0 spiro atoms. The van der Waals surface area contributed by atoms with E-state index in [4.69, 9.17) is 5.73 Å². The van der Waals surface area contributed by atoms with Crippen LogP contribution in [0.1, 0.15) is 24.1 Å². The maximum absolute atomic E-state index is 5.53. The first-order chi connectivity index (χ1) is 5.25. The molecule has 1 rings (SSSR count). The average Bonchev–Trinajstić information content (AvgIpc) is 2.04. The Labute approximate surface area is 67.5 Å². The lowest BCUT2D eigenvalue weighted by Gasteiger charge is -2.09. The SMILES string of the molecule is Cc1cccnc1[C@@H](C)CN. The van der Waals surface area contributed by atoms with E-state index in [1.54, 1.807) is 0 Å². The zero-order chi connectivity index (χ0) is 8.27. The summed E-state index contributed by atoms with van der Waals surface area (Å²) in [4.78, 5) is 4.27. The highest BCUT2D eigenvalue weighted by molar-refractivity contribution is 5.20. The smallest absolute Gasteiger partial charge is 0.0473 e. The maximum atomic E-state index is 5.53. The summed E-state index contributed by atoms with van der Waals surface area (Å²) in [5.74, 6) is 0.371. The van der Waals surface area contributed by atoms with Crippen LogP contribution < -0.4 is 5.73 Å². The first kappa shape index (κ1) is 8.21. The van der Waals surface area contributed by atoms with Gasteiger partial charge in [0.05, 0.1) is 0 Å². The van der Waals surface area contributed by atoms with Gasteiger partial charge in [-0.2, -0.15) is 0 Å². The van der Waals surface area contributed by atoms with Crippen LogP contribution in [-0.2, 0) is 0 Å². The molecule has 1 heterocycles. The van der Waals surface area contributed by atoms with E-state index in [-0.39, 0.29) is 0 Å². The Morgan fingerprint density at radius 1 is 1.64 bits per heavy atom. The normalized spacial score (nSPS) is 13.0. The molecule has 1 atom stereocenters. The number of aryl methyl sites for hydroxylation is 1. The number of nitrogens with two attached hydrogens (primary N) is 1. The van der Waals surface area contributed by atoms with Crippen LogP contribution in [0.5, 0.6) is 0 Å². The molecule has 0 saturated heterocycles. The van der Waals surface area contributed by atoms with Gasteiger partial charge in [0.15, 0.2) is 0 Å². The Morgan fingerprint density at radius 2 is 2.36 bits per heavy atom. The number of hydrogen-bond acceptors (Lipinski definition) is 2. The highest BCUT2D eigenvalue weighted by atomic mass is 14.7. The first-order valence-electron chi connectivity index (χ1n) is 3.87. The van der Waals surface area contributed by atoms with Gasteiger partial charge in [-0.1, -0.05) is 13.0 Å². The highest BCUT2D eigenvalue weighted by Gasteiger charge is 2.05. The topological polar surface area (TPSA) is 38.9 Å². The first-order valence-corrected chi connectivity index (χ1v) is 3.87. The van der Waals surface area contributed by atoms with Crippen LogP contribution in [0.25, 0.3) is 0 Å². The van der Waals surface area contributed by atoms with Crippen LogP contribution in [0.15, 0.2) is 18.3 Å². The number of pyridine rings is 1. The zero-order valence-electron chi connectivity index (χ0n) is 7.04. The molecule has 0 radical (unpaired) electrons. The van der Waals surface area contributed by atoms with Gasteiger partial charge in [0.25, 0.3) is 0 Å². The van der Waals surface area contributed by atoms with E-state index < -0.39 is 0 Å². The fourth-order valence-corrected chi connectivity index (χ4v) is 1.13. The summed E-state index contributed by atoms with van der Waals surface area (Å²) < 4.78 is 0. The van der Waals surface area contributed by atoms with Crippen LogP contribution in [0.3, 0.4) is 0 Å². The molecule has 0 aliphatic carbocycles. The number of rotatable bonds is 2. The van der Waals surface area contributed by atoms with E-state index in [9.17, 15) is 0 Å². The molecule has 1 aromatic rings. The van der Waals surface area contributed by atoms with Crippen molar-refractivity contribution in [3.05, 3.63) is 29.6 Å². The minimum atomic E-state index is 0.371. The van der Waals surface area contributed by atoms with Crippen molar-refractivity contribution < 1.29 is 0 Å². The van der Waals surface area contributed by atoms with E-state index in [0.717, 1.165) is 5.69 Å². The number of aromatic nitrogens is 1. The molecular weight excluding hydrogens is 136 g/mol. The lowest BCUT2D eigenvalue weighted by Crippen LogP contribution is -2.11. The summed E-state index contributed by atoms with van der Waals surface area (Å²) in [6.45, 7) is 4.82. The quantitative estimate of drug-likeness (QED) is 0.693. The summed E-state index contributed by atoms with van der Waals surface area (Å²) in [6, 6.07) is 4.01. The molecule has 60 valence electrons. The predicted octanol–water partition coefficient (Wildman–Crippen LogP) is 1.45. The van der Waals surface area contributed by atoms with Gasteiger partial charge in [-0.15, -0.1) is 0 Å². The van der Waals surface area contributed by atoms with Gasteiger partial charge < -0.3 is 5.73 Å². The fraction of sp³-hybridized carbons (Fsp3) is 0.444. The molecule has 0 unspecified atom stereocenters. The van der Waals surface area contributed by atoms with Gasteiger partial charge in [0.2, 0.25) is 0 Å². The third-order valence-electron chi connectivity index (χ3n) is 1.87. The summed E-state index contributed by atoms with van der Waals surface area (Å²) in [5, 5.41) is 0. The second kappa shape index (κ2) is 3.49. The summed E-state index contributed by atoms with van der Waals surface area (Å²) in [5.41, 5.74) is 7.88. The van der Waals surface area contributed by atoms with Gasteiger partial charge in [0.1, 0.15) is 0 Å². The third-order valence-corrected chi connectivity index (χ3v) is 1.87. The molecule has 2 nitrogen and oxygen atoms in total. The second-order valence-electron chi connectivity index (χ2n) is 2.84. The van der Waals surface area contributed by atoms with Crippen LogP contribution in [0.4, 0.5) is 0 Å². The monoisotopic (exact) mass is 150 g/mol. The maximum Gasteiger partial charge on any atom is 0.0473 e. The Bertz CT molecular complexity index is 233. The Hall–Kier alpha value is -0.890. The lowest BCUT2D eigenvalue weighted by molar-refractivity contribution is 0.738. The Balaban J connectivity index is 2.93. The summed E-state index contributed by atoms with van der Waals surface area (Å²) in [7, 11) is 0. The van der Waals surface area contributed by atoms with E-state index in [1.165, 1.54) is 5.56 Å². The molecular formula is C9H14N2. The Kier molecular flexibility index (Phi) is 2.60. The number of hydrogen-bond donors (Lipinski definition) is 1. The van der Waals surface area contributed by atoms with Crippen molar-refractivity contribution in [2.75, 3.05) is 6.54 Å². The molecule has 0 aromatic carbocycles. The van der Waals surface area contributed by atoms with Crippen molar-refractivity contribution in [3.63, 3.8) is 0 Å². The van der Waals surface area contributed by atoms with Crippen molar-refractivity contribution in [2.24, 2.45) is 5.73 Å². The molecule has 0 fully saturated rings. The average molecular weight is 150 g/mol. The van der Waals surface area contributed by atoms with Crippen molar-refractivity contribution in [1.82, 2.24) is 4.98 Å². The molecule has 0 aliphatic heterocycles. The van der Waals surface area contributed by atoms with Gasteiger partial charge in [0, 0.05) is 24.4 Å². The van der Waals surface area contributed by atoms with Crippen molar-refractivity contribution in [2.45, 2.75) is 19.8 Å². The molecule has 11 heavy (non-hydrogen) atoms. The van der Waals surface area contributed by atoms with Crippen molar-refractivity contribution in [3.8, 4) is 0 Å². The predicted molar refractivity (Wildman–Crippen MR) is 46.4 cm³/mol. The van der Waals surface area contributed by atoms with E-state index in [1.807, 2.05) is 12.3 Å². The van der Waals surface area contributed by atoms with E-state index in [0.29, 0.717) is 12.5 Å². The Morgan fingerprint density at radius 3 is 2.91 bits per heavy atom. The molecule has 0 saturated carbocycles. The van der Waals surface area contributed by atoms with Crippen LogP contribution in [0, 0.1) is 6.92 Å². The highest BCUT2D eigenvalue weighted by Crippen LogP contribution is 2.14. The molecule has 2 heteroatoms. The minimum Gasteiger partial charge on any atom is -0.330 e. The largest absolute Gasteiger partial charge is 0.330 e. The van der Waals surface area contributed by atoms with Crippen molar-refractivity contribution in [1.29, 1.82) is 0 Å². The van der Waals surface area contributed by atoms with Gasteiger partial charge in [-0.25, -0.2) is 0 Å². The second-order valence-corrected chi connectivity index (χ2v) is 2.84. The van der Waals surface area contributed by atoms with Crippen molar-refractivity contribution >= 4 is 0 Å². The van der Waals surface area contributed by atoms with Crippen LogP contribution in [0.2, 0.25) is 0 Å². The molecule has 0 aliphatic rings. The minimum absolute atomic E-state index is 0.371. The number of nitrogens with zero attached hydrogens (tertiary/aromatic N) is 1. The molecule has 0 amide bonds. The third kappa shape index (κ3) is 1.77. The fourth-order valence-electron chi connectivity index (χ4n) is 1.13. The van der Waals surface area contributed by atoms with Gasteiger partial charge in [-0.3, -0.25) is 4.98 Å². The van der Waals surface area contributed by atoms with Gasteiger partial charge >= 0.3 is 0 Å². The van der Waals surface area contributed by atoms with Crippen LogP contribution >= 0.6 is 0 Å². The molecule has 0 bridgehead atoms. The van der Waals surface area contributed by atoms with E-state index in [2.05, 4.69) is 24.9 Å². The zero-order valence-corrected chi connectivity index (χ0v) is 7.04. The van der Waals surface area contributed by atoms with E-state index >= 15 is 0 Å². The summed E-state index contributed by atoms with van der Waals surface area (Å²) in [6.07, 6.45) is 1.81. The molecule has 2 N–H and O–H groups in total.